The van der Waals surface area contributed by atoms with Crippen molar-refractivity contribution in [2.45, 2.75) is 70.1 Å². The number of rotatable bonds is 4. The predicted molar refractivity (Wildman–Crippen MR) is 114 cm³/mol. The second-order valence-corrected chi connectivity index (χ2v) is 9.27. The van der Waals surface area contributed by atoms with E-state index in [-0.39, 0.29) is 18.0 Å². The third-order valence-electron chi connectivity index (χ3n) is 7.32. The number of fused-ring (bicyclic) bond motifs is 3. The summed E-state index contributed by atoms with van der Waals surface area (Å²) < 4.78 is 5.68. The maximum absolute atomic E-state index is 13.2. The number of nitrogens with zero attached hydrogens (tertiary/aromatic N) is 1. The van der Waals surface area contributed by atoms with Crippen molar-refractivity contribution in [3.8, 4) is 0 Å². The van der Waals surface area contributed by atoms with Crippen LogP contribution in [0, 0.1) is 11.8 Å². The number of para-hydroxylation sites is 1. The first-order valence-corrected chi connectivity index (χ1v) is 11.1. The van der Waals surface area contributed by atoms with Crippen LogP contribution >= 0.6 is 0 Å². The van der Waals surface area contributed by atoms with E-state index in [9.17, 15) is 4.79 Å². The first-order chi connectivity index (χ1) is 14.1. The minimum atomic E-state index is -0.0671. The molecule has 0 saturated heterocycles. The van der Waals surface area contributed by atoms with Gasteiger partial charge in [0.25, 0.3) is 5.91 Å². The molecule has 0 radical (unpaired) electrons. The van der Waals surface area contributed by atoms with Crippen molar-refractivity contribution in [1.82, 2.24) is 5.32 Å². The maximum Gasteiger partial charge on any atom is 0.287 e. The average Bonchev–Trinajstić information content (AvgIpc) is 3.27. The van der Waals surface area contributed by atoms with E-state index in [0.29, 0.717) is 30.2 Å². The van der Waals surface area contributed by atoms with Gasteiger partial charge in [0.05, 0.1) is 6.26 Å². The molecule has 1 aromatic heterocycles. The van der Waals surface area contributed by atoms with Gasteiger partial charge in [0.15, 0.2) is 5.76 Å². The van der Waals surface area contributed by atoms with Crippen LogP contribution in [0.4, 0.5) is 5.69 Å². The fraction of sp³-hybridized carbons (Fsp3) is 0.542. The van der Waals surface area contributed by atoms with Crippen molar-refractivity contribution in [2.24, 2.45) is 17.6 Å². The molecule has 1 aromatic carbocycles. The predicted octanol–water partition coefficient (Wildman–Crippen LogP) is 3.87. The van der Waals surface area contributed by atoms with Crippen LogP contribution in [-0.2, 0) is 13.0 Å². The van der Waals surface area contributed by atoms with Gasteiger partial charge in [-0.15, -0.1) is 0 Å². The van der Waals surface area contributed by atoms with Crippen molar-refractivity contribution in [2.75, 3.05) is 4.90 Å². The SMILES string of the molecule is CC1Cc2ccccc2N1Cc1ccoc1C(=O)NC1C2CCCC1CC(N)C2. The van der Waals surface area contributed by atoms with Crippen molar-refractivity contribution in [3.63, 3.8) is 0 Å². The maximum atomic E-state index is 13.2. The van der Waals surface area contributed by atoms with Crippen LogP contribution in [0.3, 0.4) is 0 Å². The molecule has 0 spiro atoms. The highest BCUT2D eigenvalue weighted by atomic mass is 16.3. The fourth-order valence-electron chi connectivity index (χ4n) is 5.96. The highest BCUT2D eigenvalue weighted by Gasteiger charge is 2.40. The van der Waals surface area contributed by atoms with E-state index in [4.69, 9.17) is 10.2 Å². The van der Waals surface area contributed by atoms with Crippen LogP contribution in [0.1, 0.15) is 60.7 Å². The van der Waals surface area contributed by atoms with Crippen molar-refractivity contribution in [1.29, 1.82) is 0 Å². The zero-order valence-corrected chi connectivity index (χ0v) is 17.1. The quantitative estimate of drug-likeness (QED) is 0.827. The second kappa shape index (κ2) is 7.52. The summed E-state index contributed by atoms with van der Waals surface area (Å²) in [6.07, 6.45) is 8.33. The molecule has 1 amide bonds. The van der Waals surface area contributed by atoms with E-state index in [1.807, 2.05) is 6.07 Å². The Balaban J connectivity index is 1.32. The Labute approximate surface area is 172 Å². The summed E-state index contributed by atoms with van der Waals surface area (Å²) in [4.78, 5) is 15.5. The number of benzene rings is 1. The van der Waals surface area contributed by atoms with Gasteiger partial charge in [0.2, 0.25) is 0 Å². The summed E-state index contributed by atoms with van der Waals surface area (Å²) in [7, 11) is 0. The molecule has 29 heavy (non-hydrogen) atoms. The molecule has 3 atom stereocenters. The Hall–Kier alpha value is -2.27. The van der Waals surface area contributed by atoms with Crippen LogP contribution < -0.4 is 16.0 Å². The number of nitrogens with two attached hydrogens (primary N) is 1. The standard InChI is InChI=1S/C24H31N3O2/c1-15-11-16-5-2-3-8-21(16)27(15)14-19-9-10-29-23(19)24(28)26-22-17-6-4-7-18(22)13-20(25)12-17/h2-3,5,8-10,15,17-18,20,22H,4,6-7,11-14,25H2,1H3,(H,26,28). The van der Waals surface area contributed by atoms with Crippen LogP contribution in [-0.4, -0.2) is 24.0 Å². The minimum absolute atomic E-state index is 0.0671. The zero-order chi connectivity index (χ0) is 20.0. The van der Waals surface area contributed by atoms with E-state index in [0.717, 1.165) is 24.8 Å². The van der Waals surface area contributed by atoms with Crippen LogP contribution in [0.2, 0.25) is 0 Å². The monoisotopic (exact) mass is 393 g/mol. The largest absolute Gasteiger partial charge is 0.459 e. The van der Waals surface area contributed by atoms with Gasteiger partial charge < -0.3 is 20.4 Å². The molecule has 2 aliphatic carbocycles. The molecule has 2 heterocycles. The molecule has 2 aromatic rings. The van der Waals surface area contributed by atoms with E-state index in [2.05, 4.69) is 41.4 Å². The lowest BCUT2D eigenvalue weighted by atomic mass is 9.67. The molecular formula is C24H31N3O2. The van der Waals surface area contributed by atoms with Gasteiger partial charge in [-0.25, -0.2) is 0 Å². The van der Waals surface area contributed by atoms with E-state index < -0.39 is 0 Å². The second-order valence-electron chi connectivity index (χ2n) is 9.27. The molecule has 5 rings (SSSR count). The molecule has 2 bridgehead atoms. The highest BCUT2D eigenvalue weighted by molar-refractivity contribution is 5.93. The van der Waals surface area contributed by atoms with Crippen LogP contribution in [0.25, 0.3) is 0 Å². The van der Waals surface area contributed by atoms with E-state index in [1.54, 1.807) is 6.26 Å². The number of amides is 1. The number of carbonyl (C=O) groups is 1. The number of nitrogens with one attached hydrogen (secondary N) is 1. The van der Waals surface area contributed by atoms with Crippen molar-refractivity contribution in [3.05, 3.63) is 53.5 Å². The molecule has 2 fully saturated rings. The lowest BCUT2D eigenvalue weighted by Crippen LogP contribution is -2.53. The van der Waals surface area contributed by atoms with E-state index in [1.165, 1.54) is 30.5 Å². The molecule has 5 heteroatoms. The van der Waals surface area contributed by atoms with Crippen molar-refractivity contribution < 1.29 is 9.21 Å². The summed E-state index contributed by atoms with van der Waals surface area (Å²) in [6.45, 7) is 2.94. The molecular weight excluding hydrogens is 362 g/mol. The highest BCUT2D eigenvalue weighted by Crippen LogP contribution is 2.40. The molecule has 5 nitrogen and oxygen atoms in total. The zero-order valence-electron chi connectivity index (χ0n) is 17.1. The molecule has 2 saturated carbocycles. The van der Waals surface area contributed by atoms with Gasteiger partial charge in [-0.3, -0.25) is 4.79 Å². The third kappa shape index (κ3) is 3.46. The molecule has 154 valence electrons. The smallest absolute Gasteiger partial charge is 0.287 e. The third-order valence-corrected chi connectivity index (χ3v) is 7.32. The minimum Gasteiger partial charge on any atom is -0.459 e. The normalized spacial score (nSPS) is 30.8. The van der Waals surface area contributed by atoms with Gasteiger partial charge >= 0.3 is 0 Å². The number of carbonyl (C=O) groups excluding carboxylic acids is 1. The summed E-state index contributed by atoms with van der Waals surface area (Å²) in [5.41, 5.74) is 9.85. The first kappa shape index (κ1) is 18.7. The van der Waals surface area contributed by atoms with Gasteiger partial charge in [-0.2, -0.15) is 0 Å². The number of hydrogen-bond acceptors (Lipinski definition) is 4. The Morgan fingerprint density at radius 2 is 1.97 bits per heavy atom. The van der Waals surface area contributed by atoms with Gasteiger partial charge in [-0.05, 0) is 68.6 Å². The molecule has 1 aliphatic heterocycles. The summed E-state index contributed by atoms with van der Waals surface area (Å²) in [5.74, 6) is 1.41. The number of anilines is 1. The lowest BCUT2D eigenvalue weighted by molar-refractivity contribution is 0.0731. The molecule has 3 unspecified atom stereocenters. The Kier molecular flexibility index (Phi) is 4.86. The first-order valence-electron chi connectivity index (χ1n) is 11.1. The van der Waals surface area contributed by atoms with Gasteiger partial charge in [-0.1, -0.05) is 24.6 Å². The molecule has 3 aliphatic rings. The fourth-order valence-corrected chi connectivity index (χ4v) is 5.96. The van der Waals surface area contributed by atoms with Crippen LogP contribution in [0.15, 0.2) is 41.0 Å². The average molecular weight is 394 g/mol. The summed E-state index contributed by atoms with van der Waals surface area (Å²) >= 11 is 0. The topological polar surface area (TPSA) is 71.5 Å². The van der Waals surface area contributed by atoms with Crippen molar-refractivity contribution >= 4 is 11.6 Å². The van der Waals surface area contributed by atoms with E-state index >= 15 is 0 Å². The van der Waals surface area contributed by atoms with Crippen LogP contribution in [0.5, 0.6) is 0 Å². The lowest BCUT2D eigenvalue weighted by Gasteiger charge is -2.45. The summed E-state index contributed by atoms with van der Waals surface area (Å²) in [6, 6.07) is 11.4. The Bertz CT molecular complexity index is 878. The Morgan fingerprint density at radius 1 is 1.21 bits per heavy atom. The van der Waals surface area contributed by atoms with Gasteiger partial charge in [0, 0.05) is 35.9 Å². The Morgan fingerprint density at radius 3 is 2.76 bits per heavy atom. The van der Waals surface area contributed by atoms with Gasteiger partial charge in [0.1, 0.15) is 0 Å². The molecule has 3 N–H and O–H groups in total. The summed E-state index contributed by atoms with van der Waals surface area (Å²) in [5, 5.41) is 3.33. The number of furan rings is 1. The number of hydrogen-bond donors (Lipinski definition) is 2.